The molecule has 1 saturated heterocycles. The van der Waals surface area contributed by atoms with E-state index in [2.05, 4.69) is 26.7 Å². The molecule has 1 aliphatic rings. The number of thiazole rings is 1. The van der Waals surface area contributed by atoms with Crippen LogP contribution in [0.2, 0.25) is 0 Å². The molecule has 0 saturated carbocycles. The van der Waals surface area contributed by atoms with Gasteiger partial charge in [0.2, 0.25) is 10.0 Å². The van der Waals surface area contributed by atoms with Crippen LogP contribution in [0.25, 0.3) is 32.5 Å². The van der Waals surface area contributed by atoms with E-state index in [-0.39, 0.29) is 11.7 Å². The van der Waals surface area contributed by atoms with Crippen molar-refractivity contribution in [3.63, 3.8) is 0 Å². The fraction of sp³-hybridized carbons (Fsp3) is 0.300. The van der Waals surface area contributed by atoms with Crippen LogP contribution < -0.4 is 9.62 Å². The Bertz CT molecular complexity index is 1820. The van der Waals surface area contributed by atoms with Crippen molar-refractivity contribution < 1.29 is 17.2 Å². The highest BCUT2D eigenvalue weighted by molar-refractivity contribution is 7.99. The zero-order chi connectivity index (χ0) is 28.7. The van der Waals surface area contributed by atoms with E-state index >= 15 is 0 Å². The number of nitrogens with one attached hydrogen (secondary N) is 1. The molecule has 41 heavy (non-hydrogen) atoms. The predicted molar refractivity (Wildman–Crippen MR) is 167 cm³/mol. The highest BCUT2D eigenvalue weighted by Crippen LogP contribution is 2.43. The van der Waals surface area contributed by atoms with Gasteiger partial charge < -0.3 is 14.0 Å². The van der Waals surface area contributed by atoms with Crippen LogP contribution in [0.3, 0.4) is 0 Å². The minimum atomic E-state index is -3.67. The normalized spacial score (nSPS) is 16.5. The average molecular weight is 611 g/mol. The molecule has 0 bridgehead atoms. The predicted octanol–water partition coefficient (Wildman–Crippen LogP) is 6.85. The first-order chi connectivity index (χ1) is 19.8. The zero-order valence-corrected chi connectivity index (χ0v) is 25.5. The summed E-state index contributed by atoms with van der Waals surface area (Å²) in [6.07, 6.45) is 3.66. The van der Waals surface area contributed by atoms with Gasteiger partial charge in [-0.2, -0.15) is 4.31 Å². The molecule has 1 N–H and O–H groups in total. The molecular weight excluding hydrogens is 580 g/mol. The second kappa shape index (κ2) is 11.4. The zero-order valence-electron chi connectivity index (χ0n) is 23.1. The van der Waals surface area contributed by atoms with Crippen molar-refractivity contribution in [2.75, 3.05) is 37.7 Å². The summed E-state index contributed by atoms with van der Waals surface area (Å²) in [5.74, 6) is 0.414. The summed E-state index contributed by atoms with van der Waals surface area (Å²) < 4.78 is 52.2. The monoisotopic (exact) mass is 610 g/mol. The molecule has 0 unspecified atom stereocenters. The first-order valence-electron chi connectivity index (χ1n) is 13.4. The fourth-order valence-corrected chi connectivity index (χ4v) is 8.34. The molecule has 214 valence electrons. The second-order valence-corrected chi connectivity index (χ2v) is 14.0. The van der Waals surface area contributed by atoms with E-state index in [0.29, 0.717) is 30.3 Å². The highest BCUT2D eigenvalue weighted by atomic mass is 32.2. The van der Waals surface area contributed by atoms with Gasteiger partial charge in [-0.15, -0.1) is 11.3 Å². The lowest BCUT2D eigenvalue weighted by Crippen LogP contribution is -2.39. The molecular formula is C30H31FN4O3S3. The molecule has 3 aromatic carbocycles. The molecule has 1 aliphatic heterocycles. The van der Waals surface area contributed by atoms with Crippen LogP contribution in [0.4, 0.5) is 10.1 Å². The third-order valence-electron chi connectivity index (χ3n) is 7.78. The number of aromatic nitrogens is 1. The average Bonchev–Trinajstić information content (AvgIpc) is 3.61. The molecule has 5 aromatic rings. The van der Waals surface area contributed by atoms with Gasteiger partial charge in [0.05, 0.1) is 26.3 Å². The van der Waals surface area contributed by atoms with Crippen LogP contribution >= 0.6 is 23.3 Å². The van der Waals surface area contributed by atoms with Gasteiger partial charge in [-0.1, -0.05) is 11.9 Å². The van der Waals surface area contributed by atoms with E-state index < -0.39 is 10.0 Å². The molecule has 0 radical (unpaired) electrons. The summed E-state index contributed by atoms with van der Waals surface area (Å²) in [6.45, 7) is 1.46. The minimum absolute atomic E-state index is 0.00580. The molecule has 0 amide bonds. The highest BCUT2D eigenvalue weighted by Gasteiger charge is 2.33. The van der Waals surface area contributed by atoms with Crippen LogP contribution in [0.1, 0.15) is 29.9 Å². The maximum atomic E-state index is 13.8. The lowest BCUT2D eigenvalue weighted by atomic mass is 9.89. The van der Waals surface area contributed by atoms with E-state index in [1.807, 2.05) is 20.4 Å². The lowest BCUT2D eigenvalue weighted by molar-refractivity contribution is 0.316. The van der Waals surface area contributed by atoms with Crippen molar-refractivity contribution in [2.45, 2.75) is 30.2 Å². The molecule has 7 nitrogen and oxygen atoms in total. The van der Waals surface area contributed by atoms with Gasteiger partial charge in [0.15, 0.2) is 0 Å². The third-order valence-corrected chi connectivity index (χ3v) is 11.2. The van der Waals surface area contributed by atoms with Gasteiger partial charge in [-0.05, 0) is 79.9 Å². The first kappa shape index (κ1) is 28.2. The molecule has 6 rings (SSSR count). The molecule has 2 aromatic heterocycles. The summed E-state index contributed by atoms with van der Waals surface area (Å²) in [5.41, 5.74) is 7.17. The summed E-state index contributed by atoms with van der Waals surface area (Å²) in [5, 5.41) is 4.22. The van der Waals surface area contributed by atoms with Gasteiger partial charge in [0, 0.05) is 55.5 Å². The summed E-state index contributed by atoms with van der Waals surface area (Å²) in [7, 11) is 0.224. The van der Waals surface area contributed by atoms with Gasteiger partial charge >= 0.3 is 0 Å². The summed E-state index contributed by atoms with van der Waals surface area (Å²) in [4.78, 5) is 4.59. The standard InChI is InChI=1S/C30H31FN4O3S3/c1-32-16-25-24-14-23(27(34(2)39-3)15-28(24)38-30(25)19-6-8-21(31)9-7-19)20-5-4-12-35(17-20)41(36,37)22-10-11-26-29(13-22)40-18-33-26/h6-11,13-15,18,20,32H,4-5,12,16-17H2,1-3H3/t20-/m0/s1. The van der Waals surface area contributed by atoms with Crippen molar-refractivity contribution in [1.29, 1.82) is 0 Å². The Morgan fingerprint density at radius 3 is 2.76 bits per heavy atom. The van der Waals surface area contributed by atoms with Gasteiger partial charge in [-0.25, -0.2) is 17.8 Å². The second-order valence-electron chi connectivity index (χ2n) is 10.2. The van der Waals surface area contributed by atoms with E-state index in [9.17, 15) is 12.8 Å². The Labute approximate surface area is 247 Å². The number of benzene rings is 3. The molecule has 11 heteroatoms. The number of piperidine rings is 1. The van der Waals surface area contributed by atoms with Crippen molar-refractivity contribution in [3.8, 4) is 11.3 Å². The Kier molecular flexibility index (Phi) is 7.82. The Balaban J connectivity index is 1.42. The molecule has 1 fully saturated rings. The summed E-state index contributed by atoms with van der Waals surface area (Å²) >= 11 is 3.03. The Hall–Kier alpha value is -2.96. The quantitative estimate of drug-likeness (QED) is 0.193. The van der Waals surface area contributed by atoms with Crippen LogP contribution in [0.5, 0.6) is 0 Å². The molecule has 1 atom stereocenters. The van der Waals surface area contributed by atoms with Gasteiger partial charge in [-0.3, -0.25) is 0 Å². The number of sulfonamides is 1. The maximum Gasteiger partial charge on any atom is 0.243 e. The number of rotatable bonds is 8. The van der Waals surface area contributed by atoms with Crippen molar-refractivity contribution in [3.05, 3.63) is 77.1 Å². The number of hydrogen-bond donors (Lipinski definition) is 1. The number of nitrogens with zero attached hydrogens (tertiary/aromatic N) is 3. The number of halogens is 1. The molecule has 3 heterocycles. The summed E-state index contributed by atoms with van der Waals surface area (Å²) in [6, 6.07) is 15.7. The van der Waals surface area contributed by atoms with Crippen LogP contribution in [0, 0.1) is 5.82 Å². The Morgan fingerprint density at radius 2 is 2.00 bits per heavy atom. The largest absolute Gasteiger partial charge is 0.456 e. The van der Waals surface area contributed by atoms with Crippen molar-refractivity contribution in [1.82, 2.24) is 14.6 Å². The van der Waals surface area contributed by atoms with Crippen LogP contribution in [-0.2, 0) is 16.6 Å². The van der Waals surface area contributed by atoms with E-state index in [1.165, 1.54) is 23.5 Å². The molecule has 0 aliphatic carbocycles. The first-order valence-corrected chi connectivity index (χ1v) is 16.9. The molecule has 0 spiro atoms. The van der Waals surface area contributed by atoms with Crippen LogP contribution in [0.15, 0.2) is 69.4 Å². The maximum absolute atomic E-state index is 13.8. The van der Waals surface area contributed by atoms with Crippen LogP contribution in [-0.4, -0.2) is 51.1 Å². The minimum Gasteiger partial charge on any atom is -0.456 e. The third kappa shape index (κ3) is 5.25. The number of furan rings is 1. The van der Waals surface area contributed by atoms with E-state index in [1.54, 1.807) is 52.1 Å². The van der Waals surface area contributed by atoms with E-state index in [0.717, 1.165) is 56.4 Å². The fourth-order valence-electron chi connectivity index (χ4n) is 5.64. The number of anilines is 1. The smallest absolute Gasteiger partial charge is 0.243 e. The topological polar surface area (TPSA) is 78.7 Å². The lowest BCUT2D eigenvalue weighted by Gasteiger charge is -2.34. The van der Waals surface area contributed by atoms with Gasteiger partial charge in [0.1, 0.15) is 17.2 Å². The Morgan fingerprint density at radius 1 is 1.20 bits per heavy atom. The SMILES string of the molecule is CNCc1c(-c2ccc(F)cc2)oc2cc(N(C)SC)c([C@H]3CCCN(S(=O)(=O)c4ccc5ncsc5c4)C3)cc12. The van der Waals surface area contributed by atoms with Crippen molar-refractivity contribution >= 4 is 60.2 Å². The van der Waals surface area contributed by atoms with Gasteiger partial charge in [0.25, 0.3) is 0 Å². The number of hydrogen-bond acceptors (Lipinski definition) is 8. The van der Waals surface area contributed by atoms with Crippen molar-refractivity contribution in [2.24, 2.45) is 0 Å². The van der Waals surface area contributed by atoms with E-state index in [4.69, 9.17) is 4.42 Å². The number of fused-ring (bicyclic) bond motifs is 2.